The minimum absolute atomic E-state index is 0.564. The van der Waals surface area contributed by atoms with E-state index in [0.29, 0.717) is 5.92 Å². The van der Waals surface area contributed by atoms with Gasteiger partial charge in [0.1, 0.15) is 0 Å². The molecule has 1 heteroatoms. The van der Waals surface area contributed by atoms with Gasteiger partial charge in [-0.15, -0.1) is 0 Å². The van der Waals surface area contributed by atoms with Crippen molar-refractivity contribution in [3.63, 3.8) is 0 Å². The molecule has 1 fully saturated rings. The van der Waals surface area contributed by atoms with Crippen molar-refractivity contribution in [3.05, 3.63) is 36.0 Å². The molecule has 0 aromatic carbocycles. The lowest BCUT2D eigenvalue weighted by atomic mass is 9.87. The van der Waals surface area contributed by atoms with Crippen LogP contribution < -0.4 is 5.32 Å². The van der Waals surface area contributed by atoms with Crippen molar-refractivity contribution in [2.24, 2.45) is 11.8 Å². The second kappa shape index (κ2) is 6.70. The van der Waals surface area contributed by atoms with Gasteiger partial charge >= 0.3 is 0 Å². The molecular formula is C15H25N. The SMILES string of the molecule is C=C/C(=C\C(=C/C)C1CCNCC1)C(C)C. The third kappa shape index (κ3) is 3.64. The predicted octanol–water partition coefficient (Wildman–Crippen LogP) is 3.70. The van der Waals surface area contributed by atoms with E-state index in [0.717, 1.165) is 19.0 Å². The van der Waals surface area contributed by atoms with Crippen molar-refractivity contribution in [1.82, 2.24) is 5.32 Å². The molecule has 1 N–H and O–H groups in total. The molecule has 1 heterocycles. The first-order valence-corrected chi connectivity index (χ1v) is 6.40. The van der Waals surface area contributed by atoms with Crippen molar-refractivity contribution in [1.29, 1.82) is 0 Å². The van der Waals surface area contributed by atoms with Crippen LogP contribution in [0.5, 0.6) is 0 Å². The molecule has 90 valence electrons. The minimum atomic E-state index is 0.564. The molecule has 0 aliphatic carbocycles. The maximum absolute atomic E-state index is 3.91. The molecular weight excluding hydrogens is 194 g/mol. The summed E-state index contributed by atoms with van der Waals surface area (Å²) in [5, 5.41) is 3.42. The van der Waals surface area contributed by atoms with Crippen LogP contribution in [0.1, 0.15) is 33.6 Å². The number of allylic oxidation sites excluding steroid dienone is 5. The van der Waals surface area contributed by atoms with Gasteiger partial charge in [-0.3, -0.25) is 0 Å². The van der Waals surface area contributed by atoms with E-state index in [4.69, 9.17) is 0 Å². The number of nitrogens with one attached hydrogen (secondary N) is 1. The largest absolute Gasteiger partial charge is 0.317 e. The molecule has 0 amide bonds. The van der Waals surface area contributed by atoms with Gasteiger partial charge in [0.2, 0.25) is 0 Å². The van der Waals surface area contributed by atoms with Crippen LogP contribution in [0.25, 0.3) is 0 Å². The molecule has 0 atom stereocenters. The van der Waals surface area contributed by atoms with E-state index in [1.54, 1.807) is 0 Å². The molecule has 0 aromatic rings. The van der Waals surface area contributed by atoms with Crippen molar-refractivity contribution >= 4 is 0 Å². The summed E-state index contributed by atoms with van der Waals surface area (Å²) < 4.78 is 0. The Morgan fingerprint density at radius 3 is 2.38 bits per heavy atom. The van der Waals surface area contributed by atoms with Crippen LogP contribution in [0.4, 0.5) is 0 Å². The normalized spacial score (nSPS) is 20.2. The third-order valence-electron chi connectivity index (χ3n) is 3.38. The summed E-state index contributed by atoms with van der Waals surface area (Å²) in [6, 6.07) is 0. The zero-order valence-electron chi connectivity index (χ0n) is 10.9. The second-order valence-corrected chi connectivity index (χ2v) is 4.82. The molecule has 0 saturated carbocycles. The Labute approximate surface area is 100 Å². The summed E-state index contributed by atoms with van der Waals surface area (Å²) >= 11 is 0. The fraction of sp³-hybridized carbons (Fsp3) is 0.600. The van der Waals surface area contributed by atoms with Crippen LogP contribution in [0.3, 0.4) is 0 Å². The molecule has 0 aromatic heterocycles. The maximum Gasteiger partial charge on any atom is -0.00431 e. The van der Waals surface area contributed by atoms with E-state index in [1.807, 2.05) is 6.08 Å². The van der Waals surface area contributed by atoms with E-state index in [9.17, 15) is 0 Å². The summed E-state index contributed by atoms with van der Waals surface area (Å²) in [5.41, 5.74) is 2.84. The lowest BCUT2D eigenvalue weighted by Gasteiger charge is -2.24. The Morgan fingerprint density at radius 1 is 1.31 bits per heavy atom. The van der Waals surface area contributed by atoms with Crippen LogP contribution in [0.15, 0.2) is 36.0 Å². The second-order valence-electron chi connectivity index (χ2n) is 4.82. The van der Waals surface area contributed by atoms with Crippen molar-refractivity contribution in [2.75, 3.05) is 13.1 Å². The Bertz CT molecular complexity index is 278. The van der Waals surface area contributed by atoms with Gasteiger partial charge in [-0.2, -0.15) is 0 Å². The van der Waals surface area contributed by atoms with Crippen LogP contribution in [0.2, 0.25) is 0 Å². The van der Waals surface area contributed by atoms with Gasteiger partial charge in [0, 0.05) is 0 Å². The molecule has 16 heavy (non-hydrogen) atoms. The van der Waals surface area contributed by atoms with Crippen molar-refractivity contribution in [2.45, 2.75) is 33.6 Å². The van der Waals surface area contributed by atoms with Crippen LogP contribution >= 0.6 is 0 Å². The average Bonchev–Trinajstić information content (AvgIpc) is 2.31. The standard InChI is InChI=1S/C15H25N/c1-5-13(12(3)4)11-14(6-2)15-7-9-16-10-8-15/h5-6,11-12,15-16H,1,7-10H2,2-4H3/b13-11+,14-6+. The van der Waals surface area contributed by atoms with Gasteiger partial charge < -0.3 is 5.32 Å². The first kappa shape index (κ1) is 13.2. The topological polar surface area (TPSA) is 12.0 Å². The highest BCUT2D eigenvalue weighted by Crippen LogP contribution is 2.25. The summed E-state index contributed by atoms with van der Waals surface area (Å²) in [6.45, 7) is 12.8. The lowest BCUT2D eigenvalue weighted by molar-refractivity contribution is 0.424. The molecule has 1 saturated heterocycles. The highest BCUT2D eigenvalue weighted by Gasteiger charge is 2.16. The van der Waals surface area contributed by atoms with Crippen LogP contribution in [-0.2, 0) is 0 Å². The van der Waals surface area contributed by atoms with Gasteiger partial charge in [0.05, 0.1) is 0 Å². The van der Waals surface area contributed by atoms with Gasteiger partial charge in [0.25, 0.3) is 0 Å². The molecule has 1 aliphatic heterocycles. The zero-order chi connectivity index (χ0) is 12.0. The minimum Gasteiger partial charge on any atom is -0.317 e. The Balaban J connectivity index is 2.77. The fourth-order valence-electron chi connectivity index (χ4n) is 2.25. The quantitative estimate of drug-likeness (QED) is 0.711. The highest BCUT2D eigenvalue weighted by atomic mass is 14.9. The zero-order valence-corrected chi connectivity index (χ0v) is 10.9. The summed E-state index contributed by atoms with van der Waals surface area (Å²) in [6.07, 6.45) is 9.13. The van der Waals surface area contributed by atoms with Gasteiger partial charge in [-0.1, -0.05) is 38.7 Å². The third-order valence-corrected chi connectivity index (χ3v) is 3.38. The smallest absolute Gasteiger partial charge is 0.00431 e. The number of hydrogen-bond acceptors (Lipinski definition) is 1. The molecule has 1 rings (SSSR count). The lowest BCUT2D eigenvalue weighted by Crippen LogP contribution is -2.28. The van der Waals surface area contributed by atoms with E-state index >= 15 is 0 Å². The van der Waals surface area contributed by atoms with E-state index in [-0.39, 0.29) is 0 Å². The summed E-state index contributed by atoms with van der Waals surface area (Å²) in [5.74, 6) is 1.30. The van der Waals surface area contributed by atoms with Gasteiger partial charge in [0.15, 0.2) is 0 Å². The van der Waals surface area contributed by atoms with E-state index in [2.05, 4.69) is 44.8 Å². The van der Waals surface area contributed by atoms with E-state index in [1.165, 1.54) is 24.0 Å². The molecule has 0 unspecified atom stereocenters. The maximum atomic E-state index is 3.91. The van der Waals surface area contributed by atoms with E-state index < -0.39 is 0 Å². The molecule has 0 radical (unpaired) electrons. The Morgan fingerprint density at radius 2 is 1.94 bits per heavy atom. The first-order valence-electron chi connectivity index (χ1n) is 6.40. The first-order chi connectivity index (χ1) is 7.69. The highest BCUT2D eigenvalue weighted by molar-refractivity contribution is 5.32. The van der Waals surface area contributed by atoms with Crippen molar-refractivity contribution in [3.8, 4) is 0 Å². The Kier molecular flexibility index (Phi) is 5.54. The summed E-state index contributed by atoms with van der Waals surface area (Å²) in [4.78, 5) is 0. The van der Waals surface area contributed by atoms with Crippen molar-refractivity contribution < 1.29 is 0 Å². The molecule has 0 spiro atoms. The number of hydrogen-bond donors (Lipinski definition) is 1. The monoisotopic (exact) mass is 219 g/mol. The van der Waals surface area contributed by atoms with Crippen LogP contribution in [0, 0.1) is 11.8 Å². The van der Waals surface area contributed by atoms with Gasteiger partial charge in [-0.05, 0) is 55.8 Å². The molecule has 1 nitrogen and oxygen atoms in total. The van der Waals surface area contributed by atoms with Gasteiger partial charge in [-0.25, -0.2) is 0 Å². The van der Waals surface area contributed by atoms with Crippen LogP contribution in [-0.4, -0.2) is 13.1 Å². The number of piperidine rings is 1. The summed E-state index contributed by atoms with van der Waals surface area (Å²) in [7, 11) is 0. The fourth-order valence-corrected chi connectivity index (χ4v) is 2.25. The molecule has 0 bridgehead atoms. The average molecular weight is 219 g/mol. The number of rotatable bonds is 4. The molecule has 1 aliphatic rings. The predicted molar refractivity (Wildman–Crippen MR) is 72.5 cm³/mol. The Hall–Kier alpha value is -0.820.